The van der Waals surface area contributed by atoms with Crippen molar-refractivity contribution in [1.82, 2.24) is 4.90 Å². The molecule has 0 radical (unpaired) electrons. The number of hydrogen-bond donors (Lipinski definition) is 0. The van der Waals surface area contributed by atoms with Crippen LogP contribution in [0.2, 0.25) is 0 Å². The molecule has 1 aliphatic rings. The number of hydrogen-bond acceptors (Lipinski definition) is 2. The highest BCUT2D eigenvalue weighted by atomic mass is 79.9. The minimum atomic E-state index is -4.84. The Morgan fingerprint density at radius 3 is 2.81 bits per heavy atom. The first-order valence-electron chi connectivity index (χ1n) is 6.42. The van der Waals surface area contributed by atoms with E-state index < -0.39 is 12.1 Å². The number of fused-ring (bicyclic) bond motifs is 3. The summed E-state index contributed by atoms with van der Waals surface area (Å²) in [6, 6.07) is 5.38. The van der Waals surface area contributed by atoms with Crippen LogP contribution in [0.3, 0.4) is 0 Å². The van der Waals surface area contributed by atoms with E-state index in [2.05, 4.69) is 15.9 Å². The zero-order valence-corrected chi connectivity index (χ0v) is 12.4. The molecule has 1 aliphatic heterocycles. The lowest BCUT2D eigenvalue weighted by atomic mass is 10.1. The van der Waals surface area contributed by atoms with Crippen molar-refractivity contribution in [2.75, 3.05) is 6.54 Å². The molecule has 0 saturated carbocycles. The van der Waals surface area contributed by atoms with Gasteiger partial charge in [0, 0.05) is 28.4 Å². The third-order valence-electron chi connectivity index (χ3n) is 3.55. The van der Waals surface area contributed by atoms with Gasteiger partial charge in [-0.05, 0) is 24.6 Å². The summed E-state index contributed by atoms with van der Waals surface area (Å²) < 4.78 is 44.4. The van der Waals surface area contributed by atoms with Gasteiger partial charge in [0.05, 0.1) is 6.54 Å². The van der Waals surface area contributed by atoms with E-state index >= 15 is 0 Å². The summed E-state index contributed by atoms with van der Waals surface area (Å²) in [5.74, 6) is -1.12. The fourth-order valence-corrected chi connectivity index (χ4v) is 2.96. The molecule has 1 aromatic heterocycles. The zero-order chi connectivity index (χ0) is 15.2. The Bertz CT molecular complexity index is 708. The van der Waals surface area contributed by atoms with Crippen LogP contribution in [-0.2, 0) is 17.8 Å². The molecule has 112 valence electrons. The molecule has 0 saturated heterocycles. The van der Waals surface area contributed by atoms with Crippen molar-refractivity contribution < 1.29 is 22.4 Å². The smallest absolute Gasteiger partial charge is 0.461 e. The standard InChI is InChI=1S/C14H11BrF3NO2/c15-8-3-4-12-9(6-8)10-7-19(13(20)14(16,17)18)5-1-2-11(10)21-12/h3-4,6H,1-2,5,7H2. The molecule has 7 heteroatoms. The van der Waals surface area contributed by atoms with Crippen molar-refractivity contribution in [2.24, 2.45) is 0 Å². The van der Waals surface area contributed by atoms with Crippen molar-refractivity contribution in [3.05, 3.63) is 34.0 Å². The number of nitrogens with zero attached hydrogens (tertiary/aromatic N) is 1. The minimum absolute atomic E-state index is 0.0723. The van der Waals surface area contributed by atoms with Gasteiger partial charge >= 0.3 is 12.1 Å². The monoisotopic (exact) mass is 361 g/mol. The Kier molecular flexibility index (Phi) is 3.47. The van der Waals surface area contributed by atoms with Gasteiger partial charge in [0.2, 0.25) is 0 Å². The van der Waals surface area contributed by atoms with Gasteiger partial charge in [-0.15, -0.1) is 0 Å². The van der Waals surface area contributed by atoms with Crippen molar-refractivity contribution in [1.29, 1.82) is 0 Å². The van der Waals surface area contributed by atoms with Crippen molar-refractivity contribution >= 4 is 32.8 Å². The molecule has 3 nitrogen and oxygen atoms in total. The van der Waals surface area contributed by atoms with Gasteiger partial charge in [0.25, 0.3) is 0 Å². The number of aryl methyl sites for hydroxylation is 1. The summed E-state index contributed by atoms with van der Waals surface area (Å²) >= 11 is 3.34. The summed E-state index contributed by atoms with van der Waals surface area (Å²) in [5.41, 5.74) is 1.30. The lowest BCUT2D eigenvalue weighted by Crippen LogP contribution is -2.40. The topological polar surface area (TPSA) is 33.5 Å². The van der Waals surface area contributed by atoms with E-state index in [1.54, 1.807) is 12.1 Å². The molecule has 0 spiro atoms. The van der Waals surface area contributed by atoms with Crippen LogP contribution in [0.25, 0.3) is 11.0 Å². The Morgan fingerprint density at radius 1 is 1.33 bits per heavy atom. The highest BCUT2D eigenvalue weighted by molar-refractivity contribution is 9.10. The highest BCUT2D eigenvalue weighted by Crippen LogP contribution is 2.33. The average molecular weight is 362 g/mol. The van der Waals surface area contributed by atoms with Gasteiger partial charge in [-0.25, -0.2) is 0 Å². The second-order valence-electron chi connectivity index (χ2n) is 4.97. The normalized spacial score (nSPS) is 15.9. The third kappa shape index (κ3) is 2.66. The van der Waals surface area contributed by atoms with Gasteiger partial charge in [0.15, 0.2) is 0 Å². The van der Waals surface area contributed by atoms with Crippen LogP contribution >= 0.6 is 15.9 Å². The fraction of sp³-hybridized carbons (Fsp3) is 0.357. The van der Waals surface area contributed by atoms with Crippen LogP contribution in [0, 0.1) is 0 Å². The van der Waals surface area contributed by atoms with Crippen LogP contribution in [0.1, 0.15) is 17.7 Å². The predicted molar refractivity (Wildman–Crippen MR) is 73.7 cm³/mol. The Hall–Kier alpha value is -1.50. The molecule has 0 atom stereocenters. The van der Waals surface area contributed by atoms with E-state index in [1.165, 1.54) is 0 Å². The van der Waals surface area contributed by atoms with Crippen LogP contribution < -0.4 is 0 Å². The van der Waals surface area contributed by atoms with E-state index in [0.29, 0.717) is 29.7 Å². The Balaban J connectivity index is 2.03. The summed E-state index contributed by atoms with van der Waals surface area (Å²) in [5, 5.41) is 0.751. The summed E-state index contributed by atoms with van der Waals surface area (Å²) in [4.78, 5) is 12.3. The molecule has 0 bridgehead atoms. The second-order valence-corrected chi connectivity index (χ2v) is 5.89. The Labute approximate surface area is 126 Å². The minimum Gasteiger partial charge on any atom is -0.461 e. The molecule has 0 fully saturated rings. The number of carbonyl (C=O) groups excluding carboxylic acids is 1. The van der Waals surface area contributed by atoms with Crippen LogP contribution in [0.4, 0.5) is 13.2 Å². The molecule has 0 unspecified atom stereocenters. The quantitative estimate of drug-likeness (QED) is 0.709. The van der Waals surface area contributed by atoms with Crippen LogP contribution in [-0.4, -0.2) is 23.5 Å². The summed E-state index contributed by atoms with van der Waals surface area (Å²) in [7, 11) is 0. The highest BCUT2D eigenvalue weighted by Gasteiger charge is 2.43. The number of amides is 1. The number of benzene rings is 1. The van der Waals surface area contributed by atoms with Gasteiger partial charge in [-0.3, -0.25) is 4.79 Å². The molecule has 1 amide bonds. The number of rotatable bonds is 0. The van der Waals surface area contributed by atoms with Crippen LogP contribution in [0.15, 0.2) is 27.1 Å². The van der Waals surface area contributed by atoms with E-state index in [0.717, 1.165) is 14.8 Å². The van der Waals surface area contributed by atoms with Gasteiger partial charge in [-0.1, -0.05) is 15.9 Å². The molecule has 1 aromatic carbocycles. The molecule has 2 heterocycles. The number of furan rings is 1. The maximum atomic E-state index is 12.6. The van der Waals surface area contributed by atoms with Crippen molar-refractivity contribution in [3.63, 3.8) is 0 Å². The van der Waals surface area contributed by atoms with Crippen molar-refractivity contribution in [2.45, 2.75) is 25.6 Å². The lowest BCUT2D eigenvalue weighted by molar-refractivity contribution is -0.186. The molecular formula is C14H11BrF3NO2. The molecular weight excluding hydrogens is 351 g/mol. The average Bonchev–Trinajstić information content (AvgIpc) is 2.61. The van der Waals surface area contributed by atoms with Gasteiger partial charge < -0.3 is 9.32 Å². The number of carbonyl (C=O) groups is 1. The maximum absolute atomic E-state index is 12.6. The summed E-state index contributed by atoms with van der Waals surface area (Å²) in [6.45, 7) is 0.00910. The van der Waals surface area contributed by atoms with Gasteiger partial charge in [-0.2, -0.15) is 13.2 Å². The first-order chi connectivity index (χ1) is 9.86. The summed E-state index contributed by atoms with van der Waals surface area (Å²) in [6.07, 6.45) is -3.86. The fourth-order valence-electron chi connectivity index (χ4n) is 2.60. The van der Waals surface area contributed by atoms with E-state index in [4.69, 9.17) is 4.42 Å². The molecule has 0 aliphatic carbocycles. The molecule has 0 N–H and O–H groups in total. The lowest BCUT2D eigenvalue weighted by Gasteiger charge is -2.21. The first-order valence-corrected chi connectivity index (χ1v) is 7.21. The van der Waals surface area contributed by atoms with Gasteiger partial charge in [0.1, 0.15) is 11.3 Å². The third-order valence-corrected chi connectivity index (χ3v) is 4.04. The maximum Gasteiger partial charge on any atom is 0.471 e. The number of halogens is 4. The Morgan fingerprint density at radius 2 is 2.10 bits per heavy atom. The first kappa shape index (κ1) is 14.4. The zero-order valence-electron chi connectivity index (χ0n) is 10.8. The van der Waals surface area contributed by atoms with E-state index in [1.807, 2.05) is 6.07 Å². The van der Waals surface area contributed by atoms with Crippen molar-refractivity contribution in [3.8, 4) is 0 Å². The number of alkyl halides is 3. The SMILES string of the molecule is O=C(N1CCCc2oc3ccc(Br)cc3c2C1)C(F)(F)F. The molecule has 2 aromatic rings. The molecule has 21 heavy (non-hydrogen) atoms. The predicted octanol–water partition coefficient (Wildman–Crippen LogP) is 4.03. The van der Waals surface area contributed by atoms with E-state index in [9.17, 15) is 18.0 Å². The second kappa shape index (κ2) is 5.05. The van der Waals surface area contributed by atoms with E-state index in [-0.39, 0.29) is 13.1 Å². The largest absolute Gasteiger partial charge is 0.471 e. The van der Waals surface area contributed by atoms with Crippen LogP contribution in [0.5, 0.6) is 0 Å². The molecule has 3 rings (SSSR count).